The summed E-state index contributed by atoms with van der Waals surface area (Å²) in [6, 6.07) is 0. The van der Waals surface area contributed by atoms with E-state index < -0.39 is 17.8 Å². The third-order valence-corrected chi connectivity index (χ3v) is 2.66. The maximum atomic E-state index is 11.8. The lowest BCUT2D eigenvalue weighted by Gasteiger charge is -2.33. The van der Waals surface area contributed by atoms with Crippen LogP contribution in [0.25, 0.3) is 0 Å². The first kappa shape index (κ1) is 12.8. The molecule has 1 fully saturated rings. The molecule has 0 radical (unpaired) electrons. The zero-order chi connectivity index (χ0) is 12.2. The minimum atomic E-state index is -1.32. The normalized spacial score (nSPS) is 24.3. The average molecular weight is 231 g/mol. The highest BCUT2D eigenvalue weighted by atomic mass is 16.6. The van der Waals surface area contributed by atoms with Gasteiger partial charge < -0.3 is 14.2 Å². The third kappa shape index (κ3) is 1.97. The lowest BCUT2D eigenvalue weighted by atomic mass is 10.1. The molecule has 1 saturated heterocycles. The highest BCUT2D eigenvalue weighted by Crippen LogP contribution is 2.31. The van der Waals surface area contributed by atoms with E-state index in [0.717, 1.165) is 0 Å². The lowest BCUT2D eigenvalue weighted by Crippen LogP contribution is -2.55. The van der Waals surface area contributed by atoms with Crippen LogP contribution in [0.1, 0.15) is 19.8 Å². The quantitative estimate of drug-likeness (QED) is 0.671. The standard InChI is InChI=1S/C10H17NO5/c1-4-16-8(12)10(15-3)6-5-7-11(10)9(13)14-2/h4-7H2,1-3H3/t10-/m1/s1. The molecule has 0 aliphatic carbocycles. The number of rotatable bonds is 3. The van der Waals surface area contributed by atoms with Gasteiger partial charge in [0.25, 0.3) is 0 Å². The van der Waals surface area contributed by atoms with Crippen molar-refractivity contribution in [3.05, 3.63) is 0 Å². The number of ether oxygens (including phenoxy) is 3. The van der Waals surface area contributed by atoms with Crippen LogP contribution in [0.2, 0.25) is 0 Å². The van der Waals surface area contributed by atoms with Crippen molar-refractivity contribution in [2.24, 2.45) is 0 Å². The van der Waals surface area contributed by atoms with Crippen molar-refractivity contribution in [3.63, 3.8) is 0 Å². The second kappa shape index (κ2) is 5.16. The van der Waals surface area contributed by atoms with Gasteiger partial charge in [0.05, 0.1) is 13.7 Å². The molecule has 16 heavy (non-hydrogen) atoms. The van der Waals surface area contributed by atoms with Crippen LogP contribution in [0.4, 0.5) is 4.79 Å². The highest BCUT2D eigenvalue weighted by molar-refractivity contribution is 5.85. The molecule has 6 nitrogen and oxygen atoms in total. The Morgan fingerprint density at radius 2 is 2.06 bits per heavy atom. The van der Waals surface area contributed by atoms with E-state index in [2.05, 4.69) is 4.74 Å². The Hall–Kier alpha value is -1.30. The minimum absolute atomic E-state index is 0.249. The van der Waals surface area contributed by atoms with Gasteiger partial charge in [0.15, 0.2) is 0 Å². The van der Waals surface area contributed by atoms with Crippen LogP contribution in [-0.4, -0.2) is 50.1 Å². The van der Waals surface area contributed by atoms with E-state index in [1.54, 1.807) is 6.92 Å². The molecule has 0 N–H and O–H groups in total. The first-order chi connectivity index (χ1) is 7.62. The number of hydrogen-bond donors (Lipinski definition) is 0. The second-order valence-corrected chi connectivity index (χ2v) is 3.43. The van der Waals surface area contributed by atoms with E-state index in [4.69, 9.17) is 9.47 Å². The summed E-state index contributed by atoms with van der Waals surface area (Å²) in [7, 11) is 2.66. The van der Waals surface area contributed by atoms with Crippen molar-refractivity contribution in [1.82, 2.24) is 4.90 Å². The fourth-order valence-corrected chi connectivity index (χ4v) is 1.89. The van der Waals surface area contributed by atoms with Gasteiger partial charge in [-0.15, -0.1) is 0 Å². The predicted molar refractivity (Wildman–Crippen MR) is 54.7 cm³/mol. The Morgan fingerprint density at radius 3 is 2.56 bits per heavy atom. The van der Waals surface area contributed by atoms with E-state index in [9.17, 15) is 9.59 Å². The van der Waals surface area contributed by atoms with Crippen LogP contribution in [-0.2, 0) is 19.0 Å². The first-order valence-electron chi connectivity index (χ1n) is 5.20. The van der Waals surface area contributed by atoms with Crippen LogP contribution in [0.3, 0.4) is 0 Å². The van der Waals surface area contributed by atoms with E-state index in [0.29, 0.717) is 19.4 Å². The topological polar surface area (TPSA) is 65.1 Å². The van der Waals surface area contributed by atoms with Gasteiger partial charge in [-0.05, 0) is 13.3 Å². The van der Waals surface area contributed by atoms with Gasteiger partial charge in [-0.25, -0.2) is 9.59 Å². The maximum absolute atomic E-state index is 11.8. The fourth-order valence-electron chi connectivity index (χ4n) is 1.89. The second-order valence-electron chi connectivity index (χ2n) is 3.43. The molecule has 6 heteroatoms. The maximum Gasteiger partial charge on any atom is 0.412 e. The summed E-state index contributed by atoms with van der Waals surface area (Å²) in [5, 5.41) is 0. The van der Waals surface area contributed by atoms with Crippen LogP contribution >= 0.6 is 0 Å². The van der Waals surface area contributed by atoms with Gasteiger partial charge in [0.1, 0.15) is 0 Å². The Morgan fingerprint density at radius 1 is 1.38 bits per heavy atom. The average Bonchev–Trinajstić information content (AvgIpc) is 2.73. The SMILES string of the molecule is CCOC(=O)[C@]1(OC)CCCN1C(=O)OC. The molecule has 1 rings (SSSR count). The van der Waals surface area contributed by atoms with Crippen LogP contribution in [0.15, 0.2) is 0 Å². The number of methoxy groups -OCH3 is 2. The molecular formula is C10H17NO5. The lowest BCUT2D eigenvalue weighted by molar-refractivity contribution is -0.185. The van der Waals surface area contributed by atoms with Crippen molar-refractivity contribution >= 4 is 12.1 Å². The molecule has 0 bridgehead atoms. The van der Waals surface area contributed by atoms with E-state index in [1.807, 2.05) is 0 Å². The van der Waals surface area contributed by atoms with Gasteiger partial charge >= 0.3 is 12.1 Å². The largest absolute Gasteiger partial charge is 0.462 e. The smallest absolute Gasteiger partial charge is 0.412 e. The molecule has 0 spiro atoms. The van der Waals surface area contributed by atoms with Crippen molar-refractivity contribution < 1.29 is 23.8 Å². The Kier molecular flexibility index (Phi) is 4.12. The summed E-state index contributed by atoms with van der Waals surface area (Å²) in [6.07, 6.45) is 0.534. The number of carbonyl (C=O) groups is 2. The van der Waals surface area contributed by atoms with Crippen LogP contribution in [0.5, 0.6) is 0 Å². The Bertz CT molecular complexity index is 280. The monoisotopic (exact) mass is 231 g/mol. The highest BCUT2D eigenvalue weighted by Gasteiger charge is 2.52. The summed E-state index contributed by atoms with van der Waals surface area (Å²) < 4.78 is 14.7. The summed E-state index contributed by atoms with van der Waals surface area (Å²) in [4.78, 5) is 24.6. The van der Waals surface area contributed by atoms with Crippen molar-refractivity contribution in [1.29, 1.82) is 0 Å². The summed E-state index contributed by atoms with van der Waals surface area (Å²) >= 11 is 0. The molecular weight excluding hydrogens is 214 g/mol. The van der Waals surface area contributed by atoms with E-state index >= 15 is 0 Å². The summed E-state index contributed by atoms with van der Waals surface area (Å²) in [5.74, 6) is -0.541. The number of hydrogen-bond acceptors (Lipinski definition) is 5. The molecule has 92 valence electrons. The molecule has 1 atom stereocenters. The molecule has 1 amide bonds. The van der Waals surface area contributed by atoms with Crippen LogP contribution in [0, 0.1) is 0 Å². The number of likely N-dealkylation sites (tertiary alicyclic amines) is 1. The fraction of sp³-hybridized carbons (Fsp3) is 0.800. The molecule has 0 aromatic rings. The van der Waals surface area contributed by atoms with E-state index in [-0.39, 0.29) is 6.61 Å². The summed E-state index contributed by atoms with van der Waals surface area (Å²) in [6.45, 7) is 2.39. The van der Waals surface area contributed by atoms with Gasteiger partial charge in [-0.1, -0.05) is 0 Å². The molecule has 1 heterocycles. The number of esters is 1. The molecule has 1 aliphatic rings. The van der Waals surface area contributed by atoms with Gasteiger partial charge in [0, 0.05) is 20.1 Å². The van der Waals surface area contributed by atoms with Crippen LogP contribution < -0.4 is 0 Å². The third-order valence-electron chi connectivity index (χ3n) is 2.66. The zero-order valence-corrected chi connectivity index (χ0v) is 9.82. The zero-order valence-electron chi connectivity index (χ0n) is 9.82. The Labute approximate surface area is 94.4 Å². The first-order valence-corrected chi connectivity index (χ1v) is 5.20. The van der Waals surface area contributed by atoms with Crippen molar-refractivity contribution in [2.75, 3.05) is 27.4 Å². The molecule has 0 aromatic heterocycles. The number of carbonyl (C=O) groups excluding carboxylic acids is 2. The molecule has 1 aliphatic heterocycles. The molecule has 0 saturated carbocycles. The number of nitrogens with zero attached hydrogens (tertiary/aromatic N) is 1. The molecule has 0 unspecified atom stereocenters. The minimum Gasteiger partial charge on any atom is -0.462 e. The van der Waals surface area contributed by atoms with Gasteiger partial charge in [-0.3, -0.25) is 4.90 Å². The van der Waals surface area contributed by atoms with Gasteiger partial charge in [-0.2, -0.15) is 0 Å². The Balaban J connectivity index is 2.92. The van der Waals surface area contributed by atoms with E-state index in [1.165, 1.54) is 19.1 Å². The van der Waals surface area contributed by atoms with Crippen molar-refractivity contribution in [2.45, 2.75) is 25.5 Å². The predicted octanol–water partition coefficient (Wildman–Crippen LogP) is 0.754. The molecule has 0 aromatic carbocycles. The summed E-state index contributed by atoms with van der Waals surface area (Å²) in [5.41, 5.74) is -1.32. The number of amides is 1. The van der Waals surface area contributed by atoms with Crippen molar-refractivity contribution in [3.8, 4) is 0 Å². The van der Waals surface area contributed by atoms with Gasteiger partial charge in [0.2, 0.25) is 5.72 Å².